The Balaban J connectivity index is 0. The maximum absolute atomic E-state index is 12.7. The second kappa shape index (κ2) is 7.86. The minimum Gasteiger partial charge on any atom is -0.327 e. The van der Waals surface area contributed by atoms with E-state index in [1.165, 1.54) is 0 Å². The van der Waals surface area contributed by atoms with Gasteiger partial charge in [-0.3, -0.25) is 4.55 Å². The summed E-state index contributed by atoms with van der Waals surface area (Å²) in [6.07, 6.45) is -12.2. The summed E-state index contributed by atoms with van der Waals surface area (Å²) in [4.78, 5) is 0. The van der Waals surface area contributed by atoms with Gasteiger partial charge in [0.1, 0.15) is 0 Å². The van der Waals surface area contributed by atoms with E-state index in [2.05, 4.69) is 6.58 Å². The minimum absolute atomic E-state index is 0.583. The zero-order valence-electron chi connectivity index (χ0n) is 11.3. The number of halogens is 10. The molecule has 0 aliphatic rings. The minimum atomic E-state index is -7.13. The van der Waals surface area contributed by atoms with Crippen LogP contribution in [0.2, 0.25) is 0 Å². The molecule has 15 heteroatoms. The van der Waals surface area contributed by atoms with Crippen LogP contribution in [-0.4, -0.2) is 49.0 Å². The van der Waals surface area contributed by atoms with Crippen LogP contribution in [-0.2, 0) is 10.1 Å². The van der Waals surface area contributed by atoms with E-state index in [4.69, 9.17) is 10.3 Å². The normalized spacial score (nSPS) is 15.3. The summed E-state index contributed by atoms with van der Waals surface area (Å²) in [5.74, 6) is -13.8. The van der Waals surface area contributed by atoms with Crippen molar-refractivity contribution in [3.8, 4) is 0 Å². The largest absolute Gasteiger partial charge is 0.438 e. The SMILES string of the molecule is C=CCN.O=S(=O)(O)C(F)(F)C(F)(F)C(F)(F)C(F)CC(F)(F)F. The highest BCUT2D eigenvalue weighted by atomic mass is 32.2. The molecular weight excluding hydrogens is 392 g/mol. The van der Waals surface area contributed by atoms with Crippen molar-refractivity contribution in [2.75, 3.05) is 6.54 Å². The molecule has 0 bridgehead atoms. The fraction of sp³-hybridized carbons (Fsp3) is 0.778. The molecule has 1 unspecified atom stereocenters. The van der Waals surface area contributed by atoms with Crippen LogP contribution in [0.15, 0.2) is 12.7 Å². The predicted octanol–water partition coefficient (Wildman–Crippen LogP) is 3.16. The van der Waals surface area contributed by atoms with Crippen molar-refractivity contribution in [1.82, 2.24) is 0 Å². The van der Waals surface area contributed by atoms with Gasteiger partial charge in [-0.05, 0) is 0 Å². The van der Waals surface area contributed by atoms with Crippen molar-refractivity contribution in [3.05, 3.63) is 12.7 Å². The maximum atomic E-state index is 12.7. The third-order valence-corrected chi connectivity index (χ3v) is 2.98. The van der Waals surface area contributed by atoms with Gasteiger partial charge in [0, 0.05) is 6.54 Å². The van der Waals surface area contributed by atoms with Crippen LogP contribution in [0.3, 0.4) is 0 Å². The first-order valence-corrected chi connectivity index (χ1v) is 6.85. The smallest absolute Gasteiger partial charge is 0.327 e. The molecule has 0 aromatic heterocycles. The summed E-state index contributed by atoms with van der Waals surface area (Å²) in [7, 11) is -7.13. The van der Waals surface area contributed by atoms with Crippen molar-refractivity contribution in [2.45, 2.75) is 35.9 Å². The van der Waals surface area contributed by atoms with Gasteiger partial charge in [0.05, 0.1) is 6.42 Å². The Bertz CT molecular complexity index is 516. The van der Waals surface area contributed by atoms with E-state index < -0.39 is 46.0 Å². The highest BCUT2D eigenvalue weighted by Crippen LogP contribution is 2.51. The van der Waals surface area contributed by atoms with Gasteiger partial charge in [-0.1, -0.05) is 6.08 Å². The molecule has 0 aliphatic heterocycles. The monoisotopic (exact) mass is 403 g/mol. The van der Waals surface area contributed by atoms with Crippen LogP contribution in [0.4, 0.5) is 43.9 Å². The third kappa shape index (κ3) is 5.77. The number of rotatable bonds is 6. The van der Waals surface area contributed by atoms with Crippen molar-refractivity contribution in [2.24, 2.45) is 5.73 Å². The van der Waals surface area contributed by atoms with Crippen LogP contribution in [0.1, 0.15) is 6.42 Å². The average Bonchev–Trinajstić information content (AvgIpc) is 2.35. The van der Waals surface area contributed by atoms with Crippen LogP contribution in [0.25, 0.3) is 0 Å². The van der Waals surface area contributed by atoms with E-state index in [-0.39, 0.29) is 0 Å². The molecule has 0 rings (SSSR count). The molecule has 3 N–H and O–H groups in total. The molecule has 24 heavy (non-hydrogen) atoms. The van der Waals surface area contributed by atoms with Crippen LogP contribution >= 0.6 is 0 Å². The fourth-order valence-electron chi connectivity index (χ4n) is 0.884. The van der Waals surface area contributed by atoms with Gasteiger partial charge < -0.3 is 5.73 Å². The van der Waals surface area contributed by atoms with Gasteiger partial charge in [0.2, 0.25) is 0 Å². The lowest BCUT2D eigenvalue weighted by Gasteiger charge is -2.32. The molecule has 0 aromatic carbocycles. The average molecular weight is 403 g/mol. The lowest BCUT2D eigenvalue weighted by molar-refractivity contribution is -0.308. The van der Waals surface area contributed by atoms with E-state index in [0.717, 1.165) is 0 Å². The van der Waals surface area contributed by atoms with Crippen LogP contribution < -0.4 is 5.73 Å². The Labute approximate surface area is 129 Å². The molecule has 0 fully saturated rings. The second-order valence-electron chi connectivity index (χ2n) is 4.00. The molecule has 0 aromatic rings. The Kier molecular flexibility index (Phi) is 8.24. The number of hydrogen-bond acceptors (Lipinski definition) is 3. The van der Waals surface area contributed by atoms with E-state index in [9.17, 15) is 52.3 Å². The lowest BCUT2D eigenvalue weighted by Crippen LogP contribution is -2.61. The summed E-state index contributed by atoms with van der Waals surface area (Å²) < 4.78 is 150. The van der Waals surface area contributed by atoms with Gasteiger partial charge in [0.25, 0.3) is 0 Å². The second-order valence-corrected chi connectivity index (χ2v) is 5.46. The van der Waals surface area contributed by atoms with Gasteiger partial charge in [-0.15, -0.1) is 6.58 Å². The number of nitrogens with two attached hydrogens (primary N) is 1. The topological polar surface area (TPSA) is 80.4 Å². The highest BCUT2D eigenvalue weighted by Gasteiger charge is 2.80. The standard InChI is InChI=1S/C6H4F10O3S.C3H7N/c7-2(1-3(8,9)10)4(11,12)5(13,14)6(15,16)20(17,18)19;1-2-3-4/h2H,1H2,(H,17,18,19);2H,1,3-4H2. The maximum Gasteiger partial charge on any atom is 0.438 e. The predicted molar refractivity (Wildman–Crippen MR) is 61.2 cm³/mol. The highest BCUT2D eigenvalue weighted by molar-refractivity contribution is 7.87. The molecule has 1 atom stereocenters. The van der Waals surface area contributed by atoms with Gasteiger partial charge in [0.15, 0.2) is 6.17 Å². The number of hydrogen-bond donors (Lipinski definition) is 2. The van der Waals surface area contributed by atoms with E-state index in [0.29, 0.717) is 6.54 Å². The van der Waals surface area contributed by atoms with Gasteiger partial charge in [-0.2, -0.15) is 47.9 Å². The first-order chi connectivity index (χ1) is 10.3. The molecule has 4 nitrogen and oxygen atoms in total. The molecule has 0 heterocycles. The van der Waals surface area contributed by atoms with E-state index in [1.807, 2.05) is 0 Å². The quantitative estimate of drug-likeness (QED) is 0.406. The van der Waals surface area contributed by atoms with Crippen LogP contribution in [0, 0.1) is 0 Å². The summed E-state index contributed by atoms with van der Waals surface area (Å²) >= 11 is 0. The summed E-state index contributed by atoms with van der Waals surface area (Å²) in [6.45, 7) is 3.94. The van der Waals surface area contributed by atoms with E-state index >= 15 is 0 Å². The van der Waals surface area contributed by atoms with Gasteiger partial charge >= 0.3 is 33.4 Å². The molecule has 0 saturated heterocycles. The zero-order chi connectivity index (χ0) is 20.2. The Morgan fingerprint density at radius 3 is 1.58 bits per heavy atom. The number of alkyl halides is 10. The van der Waals surface area contributed by atoms with Crippen molar-refractivity contribution in [3.63, 3.8) is 0 Å². The van der Waals surface area contributed by atoms with Crippen molar-refractivity contribution < 1.29 is 56.9 Å². The Morgan fingerprint density at radius 1 is 1.04 bits per heavy atom. The summed E-state index contributed by atoms with van der Waals surface area (Å²) in [6, 6.07) is 0. The molecule has 0 saturated carbocycles. The molecule has 0 radical (unpaired) electrons. The third-order valence-electron chi connectivity index (χ3n) is 2.08. The van der Waals surface area contributed by atoms with E-state index in [1.54, 1.807) is 6.08 Å². The van der Waals surface area contributed by atoms with Crippen molar-refractivity contribution >= 4 is 10.1 Å². The zero-order valence-corrected chi connectivity index (χ0v) is 12.1. The fourth-order valence-corrected chi connectivity index (χ4v) is 1.34. The molecule has 0 spiro atoms. The molecule has 146 valence electrons. The summed E-state index contributed by atoms with van der Waals surface area (Å²) in [5, 5.41) is -6.89. The molecular formula is C9H11F10NO3S. The molecule has 0 aliphatic carbocycles. The van der Waals surface area contributed by atoms with Crippen LogP contribution in [0.5, 0.6) is 0 Å². The molecule has 0 amide bonds. The Hall–Kier alpha value is -1.09. The summed E-state index contributed by atoms with van der Waals surface area (Å²) in [5.41, 5.74) is 4.91. The van der Waals surface area contributed by atoms with Gasteiger partial charge in [-0.25, -0.2) is 4.39 Å². The van der Waals surface area contributed by atoms with Crippen molar-refractivity contribution in [1.29, 1.82) is 0 Å². The first kappa shape index (κ1) is 25.2. The first-order valence-electron chi connectivity index (χ1n) is 5.41. The Morgan fingerprint density at radius 2 is 1.38 bits per heavy atom. The lowest BCUT2D eigenvalue weighted by atomic mass is 10.0.